The topological polar surface area (TPSA) is 93.8 Å². The van der Waals surface area contributed by atoms with E-state index < -0.39 is 23.7 Å². The molecule has 5 rings (SSSR count). The Bertz CT molecular complexity index is 1300. The predicted molar refractivity (Wildman–Crippen MR) is 119 cm³/mol. The van der Waals surface area contributed by atoms with Gasteiger partial charge in [0.1, 0.15) is 11.6 Å². The summed E-state index contributed by atoms with van der Waals surface area (Å²) < 4.78 is 16.9. The second-order valence-corrected chi connectivity index (χ2v) is 7.83. The van der Waals surface area contributed by atoms with Gasteiger partial charge in [0.15, 0.2) is 0 Å². The lowest BCUT2D eigenvalue weighted by molar-refractivity contribution is -0.136. The molecule has 166 valence electrons. The molecule has 2 amide bonds. The second-order valence-electron chi connectivity index (χ2n) is 7.83. The third-order valence-electron chi connectivity index (χ3n) is 5.82. The van der Waals surface area contributed by atoms with Gasteiger partial charge in [0.25, 0.3) is 0 Å². The molecule has 33 heavy (non-hydrogen) atoms. The highest BCUT2D eigenvalue weighted by Crippen LogP contribution is 2.37. The summed E-state index contributed by atoms with van der Waals surface area (Å²) in [5.74, 6) is -1.77. The number of imidazole rings is 1. The van der Waals surface area contributed by atoms with Crippen LogP contribution in [0.2, 0.25) is 0 Å². The molecule has 0 spiro atoms. The van der Waals surface area contributed by atoms with E-state index in [0.717, 1.165) is 24.0 Å². The average molecular weight is 444 g/mol. The van der Waals surface area contributed by atoms with E-state index in [2.05, 4.69) is 20.7 Å². The predicted octanol–water partition coefficient (Wildman–Crippen LogP) is 3.19. The molecule has 2 aromatic carbocycles. The third-order valence-corrected chi connectivity index (χ3v) is 5.82. The summed E-state index contributed by atoms with van der Waals surface area (Å²) in [4.78, 5) is 29.8. The summed E-state index contributed by atoms with van der Waals surface area (Å²) in [6, 6.07) is 14.8. The number of anilines is 1. The molecule has 0 fully saturated rings. The fourth-order valence-electron chi connectivity index (χ4n) is 4.29. The van der Waals surface area contributed by atoms with Gasteiger partial charge in [-0.05, 0) is 42.2 Å². The van der Waals surface area contributed by atoms with Crippen LogP contribution in [0.5, 0.6) is 0 Å². The lowest BCUT2D eigenvalue weighted by Crippen LogP contribution is -2.42. The van der Waals surface area contributed by atoms with Crippen LogP contribution in [0.1, 0.15) is 29.6 Å². The number of benzene rings is 2. The number of fused-ring (bicyclic) bond motifs is 1. The van der Waals surface area contributed by atoms with Crippen LogP contribution in [0.3, 0.4) is 0 Å². The SMILES string of the molecule is O=C(Nc1ccnn1-c1cccc(F)c1)C(=O)NC1c2ccccc2CCC1n1ccnc1. The first-order valence-electron chi connectivity index (χ1n) is 10.6. The summed E-state index contributed by atoms with van der Waals surface area (Å²) in [7, 11) is 0. The third kappa shape index (κ3) is 4.12. The fourth-order valence-corrected chi connectivity index (χ4v) is 4.29. The summed E-state index contributed by atoms with van der Waals surface area (Å²) in [6.07, 6.45) is 8.39. The molecule has 0 bridgehead atoms. The molecule has 0 saturated carbocycles. The molecule has 0 aliphatic heterocycles. The molecule has 2 aromatic heterocycles. The Balaban J connectivity index is 1.37. The van der Waals surface area contributed by atoms with E-state index in [1.165, 1.54) is 23.0 Å². The molecule has 2 N–H and O–H groups in total. The molecule has 2 atom stereocenters. The molecular weight excluding hydrogens is 423 g/mol. The number of aromatic nitrogens is 4. The molecule has 2 heterocycles. The summed E-state index contributed by atoms with van der Waals surface area (Å²) in [5.41, 5.74) is 2.55. The van der Waals surface area contributed by atoms with Crippen LogP contribution in [0.25, 0.3) is 5.69 Å². The van der Waals surface area contributed by atoms with Crippen LogP contribution in [-0.4, -0.2) is 31.1 Å². The number of nitrogens with one attached hydrogen (secondary N) is 2. The van der Waals surface area contributed by atoms with E-state index >= 15 is 0 Å². The van der Waals surface area contributed by atoms with Gasteiger partial charge < -0.3 is 15.2 Å². The van der Waals surface area contributed by atoms with Crippen LogP contribution >= 0.6 is 0 Å². The van der Waals surface area contributed by atoms with Gasteiger partial charge in [-0.15, -0.1) is 0 Å². The van der Waals surface area contributed by atoms with E-state index in [1.807, 2.05) is 35.0 Å². The Labute approximate surface area is 189 Å². The number of amides is 2. The van der Waals surface area contributed by atoms with Gasteiger partial charge in [0, 0.05) is 18.5 Å². The zero-order valence-electron chi connectivity index (χ0n) is 17.6. The normalized spacial score (nSPS) is 17.2. The van der Waals surface area contributed by atoms with E-state index in [1.54, 1.807) is 30.7 Å². The number of carbonyl (C=O) groups excluding carboxylic acids is 2. The standard InChI is InChI=1S/C24H21FN6O2/c25-17-5-3-6-18(14-17)31-21(10-11-27-31)28-23(32)24(33)29-22-19-7-2-1-4-16(19)8-9-20(22)30-13-12-26-15-30/h1-7,10-15,20,22H,8-9H2,(H,28,32)(H,29,33). The van der Waals surface area contributed by atoms with Crippen LogP contribution in [0, 0.1) is 5.82 Å². The first-order chi connectivity index (χ1) is 16.1. The quantitative estimate of drug-likeness (QED) is 0.473. The number of carbonyl (C=O) groups is 2. The van der Waals surface area contributed by atoms with E-state index in [0.29, 0.717) is 5.69 Å². The minimum Gasteiger partial charge on any atom is -0.339 e. The highest BCUT2D eigenvalue weighted by atomic mass is 19.1. The molecule has 0 radical (unpaired) electrons. The minimum absolute atomic E-state index is 0.0722. The van der Waals surface area contributed by atoms with Crippen LogP contribution in [-0.2, 0) is 16.0 Å². The summed E-state index contributed by atoms with van der Waals surface area (Å²) in [6.45, 7) is 0. The van der Waals surface area contributed by atoms with Crippen LogP contribution in [0.4, 0.5) is 10.2 Å². The lowest BCUT2D eigenvalue weighted by atomic mass is 9.84. The van der Waals surface area contributed by atoms with E-state index in [-0.39, 0.29) is 11.9 Å². The van der Waals surface area contributed by atoms with Crippen molar-refractivity contribution in [2.45, 2.75) is 24.9 Å². The Morgan fingerprint density at radius 1 is 1.03 bits per heavy atom. The zero-order chi connectivity index (χ0) is 22.8. The molecule has 9 heteroatoms. The highest BCUT2D eigenvalue weighted by molar-refractivity contribution is 6.39. The van der Waals surface area contributed by atoms with E-state index in [4.69, 9.17) is 0 Å². The first kappa shape index (κ1) is 20.6. The van der Waals surface area contributed by atoms with Crippen LogP contribution in [0.15, 0.2) is 79.5 Å². The maximum absolute atomic E-state index is 13.6. The molecule has 2 unspecified atom stereocenters. The monoisotopic (exact) mass is 444 g/mol. The van der Waals surface area contributed by atoms with Crippen LogP contribution < -0.4 is 10.6 Å². The molecule has 0 saturated heterocycles. The number of halogens is 1. The number of hydrogen-bond donors (Lipinski definition) is 2. The second kappa shape index (κ2) is 8.70. The maximum Gasteiger partial charge on any atom is 0.314 e. The Morgan fingerprint density at radius 3 is 2.73 bits per heavy atom. The smallest absolute Gasteiger partial charge is 0.314 e. The molecular formula is C24H21FN6O2. The number of aryl methyl sites for hydroxylation is 1. The van der Waals surface area contributed by atoms with Crippen molar-refractivity contribution in [3.8, 4) is 5.69 Å². The Kier molecular flexibility index (Phi) is 5.43. The minimum atomic E-state index is -0.833. The van der Waals surface area contributed by atoms with Crippen molar-refractivity contribution in [1.29, 1.82) is 0 Å². The van der Waals surface area contributed by atoms with Crippen molar-refractivity contribution in [3.63, 3.8) is 0 Å². The van der Waals surface area contributed by atoms with Crippen molar-refractivity contribution in [3.05, 3.63) is 96.5 Å². The molecule has 1 aliphatic rings. The van der Waals surface area contributed by atoms with Gasteiger partial charge in [0.2, 0.25) is 0 Å². The van der Waals surface area contributed by atoms with Crippen molar-refractivity contribution in [2.75, 3.05) is 5.32 Å². The largest absolute Gasteiger partial charge is 0.339 e. The van der Waals surface area contributed by atoms with Gasteiger partial charge >= 0.3 is 11.8 Å². The number of nitrogens with zero attached hydrogens (tertiary/aromatic N) is 4. The Hall–Kier alpha value is -4.27. The zero-order valence-corrected chi connectivity index (χ0v) is 17.6. The highest BCUT2D eigenvalue weighted by Gasteiger charge is 2.33. The van der Waals surface area contributed by atoms with Gasteiger partial charge in [-0.3, -0.25) is 9.59 Å². The van der Waals surface area contributed by atoms with Crippen molar-refractivity contribution in [1.82, 2.24) is 24.6 Å². The van der Waals surface area contributed by atoms with Crippen molar-refractivity contribution >= 4 is 17.6 Å². The van der Waals surface area contributed by atoms with Gasteiger partial charge in [-0.2, -0.15) is 5.10 Å². The molecule has 8 nitrogen and oxygen atoms in total. The lowest BCUT2D eigenvalue weighted by Gasteiger charge is -2.34. The van der Waals surface area contributed by atoms with Gasteiger partial charge in [-0.1, -0.05) is 30.3 Å². The number of hydrogen-bond acceptors (Lipinski definition) is 4. The average Bonchev–Trinajstić information content (AvgIpc) is 3.52. The van der Waals surface area contributed by atoms with E-state index in [9.17, 15) is 14.0 Å². The van der Waals surface area contributed by atoms with Gasteiger partial charge in [0.05, 0.1) is 30.3 Å². The van der Waals surface area contributed by atoms with Crippen molar-refractivity contribution < 1.29 is 14.0 Å². The first-order valence-corrected chi connectivity index (χ1v) is 10.6. The summed E-state index contributed by atoms with van der Waals surface area (Å²) >= 11 is 0. The maximum atomic E-state index is 13.6. The fraction of sp³-hybridized carbons (Fsp3) is 0.167. The molecule has 4 aromatic rings. The van der Waals surface area contributed by atoms with Gasteiger partial charge in [-0.25, -0.2) is 14.1 Å². The Morgan fingerprint density at radius 2 is 1.91 bits per heavy atom. The summed E-state index contributed by atoms with van der Waals surface area (Å²) in [5, 5.41) is 9.61. The van der Waals surface area contributed by atoms with Crippen molar-refractivity contribution in [2.24, 2.45) is 0 Å². The number of rotatable bonds is 4. The molecule has 1 aliphatic carbocycles.